The molecular weight excluding hydrogens is 188 g/mol. The van der Waals surface area contributed by atoms with Crippen molar-refractivity contribution < 1.29 is 9.90 Å². The second kappa shape index (κ2) is 5.47. The van der Waals surface area contributed by atoms with Crippen LogP contribution in [0.4, 0.5) is 0 Å². The third-order valence-corrected chi connectivity index (χ3v) is 2.35. The van der Waals surface area contributed by atoms with Crippen LogP contribution in [0.25, 0.3) is 0 Å². The number of carbonyl (C=O) groups excluding carboxylic acids is 1. The molecule has 1 aromatic carbocycles. The standard InChI is InChI=1S/C13H16O2/c1-10(11(2)14)13(15)9-8-12-6-4-3-5-7-12/h3-7,11,14H,1,8-9H2,2H3/t11-/m0/s1. The Bertz CT molecular complexity index is 339. The van der Waals surface area contributed by atoms with Crippen molar-refractivity contribution in [1.82, 2.24) is 0 Å². The summed E-state index contributed by atoms with van der Waals surface area (Å²) < 4.78 is 0. The van der Waals surface area contributed by atoms with Crippen molar-refractivity contribution in [3.8, 4) is 0 Å². The fourth-order valence-electron chi connectivity index (χ4n) is 1.30. The van der Waals surface area contributed by atoms with Crippen molar-refractivity contribution in [2.75, 3.05) is 0 Å². The van der Waals surface area contributed by atoms with E-state index in [9.17, 15) is 4.79 Å². The van der Waals surface area contributed by atoms with Crippen LogP contribution in [0, 0.1) is 0 Å². The van der Waals surface area contributed by atoms with E-state index in [4.69, 9.17) is 5.11 Å². The van der Waals surface area contributed by atoms with Gasteiger partial charge in [0.1, 0.15) is 0 Å². The van der Waals surface area contributed by atoms with Gasteiger partial charge in [-0.3, -0.25) is 4.79 Å². The zero-order valence-electron chi connectivity index (χ0n) is 8.94. The number of rotatable bonds is 5. The average Bonchev–Trinajstić information content (AvgIpc) is 2.26. The van der Waals surface area contributed by atoms with Crippen LogP contribution in [0.15, 0.2) is 42.5 Å². The molecule has 0 saturated carbocycles. The number of ketones is 1. The van der Waals surface area contributed by atoms with Crippen LogP contribution < -0.4 is 0 Å². The fraction of sp³-hybridized carbons (Fsp3) is 0.308. The highest BCUT2D eigenvalue weighted by Crippen LogP contribution is 2.08. The topological polar surface area (TPSA) is 37.3 Å². The molecule has 0 heterocycles. The van der Waals surface area contributed by atoms with Crippen LogP contribution in [0.2, 0.25) is 0 Å². The minimum Gasteiger partial charge on any atom is -0.389 e. The van der Waals surface area contributed by atoms with Crippen LogP contribution in [0.3, 0.4) is 0 Å². The Morgan fingerprint density at radius 2 is 2.00 bits per heavy atom. The van der Waals surface area contributed by atoms with Gasteiger partial charge in [0, 0.05) is 12.0 Å². The first-order valence-corrected chi connectivity index (χ1v) is 5.05. The maximum Gasteiger partial charge on any atom is 0.161 e. The normalized spacial score (nSPS) is 12.1. The lowest BCUT2D eigenvalue weighted by atomic mass is 10.0. The molecule has 2 nitrogen and oxygen atoms in total. The van der Waals surface area contributed by atoms with Crippen molar-refractivity contribution in [2.24, 2.45) is 0 Å². The third-order valence-electron chi connectivity index (χ3n) is 2.35. The predicted octanol–water partition coefficient (Wildman–Crippen LogP) is 2.13. The van der Waals surface area contributed by atoms with Gasteiger partial charge in [0.15, 0.2) is 5.78 Å². The first kappa shape index (κ1) is 11.7. The summed E-state index contributed by atoms with van der Waals surface area (Å²) >= 11 is 0. The second-order valence-electron chi connectivity index (χ2n) is 3.61. The Morgan fingerprint density at radius 1 is 1.40 bits per heavy atom. The molecule has 2 heteroatoms. The molecule has 0 bridgehead atoms. The number of Topliss-reactive ketones (excluding diaryl/α,β-unsaturated/α-hetero) is 1. The minimum absolute atomic E-state index is 0.0612. The number of benzene rings is 1. The Kier molecular flexibility index (Phi) is 4.25. The van der Waals surface area contributed by atoms with E-state index in [1.807, 2.05) is 30.3 Å². The zero-order chi connectivity index (χ0) is 11.3. The largest absolute Gasteiger partial charge is 0.389 e. The van der Waals surface area contributed by atoms with E-state index in [1.54, 1.807) is 6.92 Å². The fourth-order valence-corrected chi connectivity index (χ4v) is 1.30. The number of hydrogen-bond donors (Lipinski definition) is 1. The third kappa shape index (κ3) is 3.68. The van der Waals surface area contributed by atoms with Crippen molar-refractivity contribution in [1.29, 1.82) is 0 Å². The summed E-state index contributed by atoms with van der Waals surface area (Å²) in [6.45, 7) is 5.13. The van der Waals surface area contributed by atoms with Gasteiger partial charge in [-0.2, -0.15) is 0 Å². The van der Waals surface area contributed by atoms with Crippen LogP contribution in [0.5, 0.6) is 0 Å². The molecule has 0 spiro atoms. The number of hydrogen-bond acceptors (Lipinski definition) is 2. The lowest BCUT2D eigenvalue weighted by molar-refractivity contribution is -0.116. The average molecular weight is 204 g/mol. The Hall–Kier alpha value is -1.41. The number of aliphatic hydroxyl groups excluding tert-OH is 1. The van der Waals surface area contributed by atoms with Crippen LogP contribution in [-0.4, -0.2) is 17.0 Å². The molecule has 0 aromatic heterocycles. The molecule has 80 valence electrons. The molecule has 0 aliphatic rings. The van der Waals surface area contributed by atoms with Crippen molar-refractivity contribution in [2.45, 2.75) is 25.9 Å². The van der Waals surface area contributed by atoms with Crippen molar-refractivity contribution >= 4 is 5.78 Å². The summed E-state index contributed by atoms with van der Waals surface area (Å²) in [4.78, 5) is 11.5. The lowest BCUT2D eigenvalue weighted by Crippen LogP contribution is -2.14. The van der Waals surface area contributed by atoms with Gasteiger partial charge in [-0.1, -0.05) is 36.9 Å². The maximum absolute atomic E-state index is 11.5. The SMILES string of the molecule is C=C(C(=O)CCc1ccccc1)[C@H](C)O. The van der Waals surface area contributed by atoms with Gasteiger partial charge >= 0.3 is 0 Å². The van der Waals surface area contributed by atoms with Gasteiger partial charge in [-0.25, -0.2) is 0 Å². The van der Waals surface area contributed by atoms with Gasteiger partial charge < -0.3 is 5.11 Å². The number of aliphatic hydroxyl groups is 1. The van der Waals surface area contributed by atoms with Crippen LogP contribution in [0.1, 0.15) is 18.9 Å². The van der Waals surface area contributed by atoms with Crippen molar-refractivity contribution in [3.05, 3.63) is 48.0 Å². The Morgan fingerprint density at radius 3 is 2.53 bits per heavy atom. The van der Waals surface area contributed by atoms with E-state index < -0.39 is 6.10 Å². The molecule has 0 fully saturated rings. The van der Waals surface area contributed by atoms with Crippen LogP contribution >= 0.6 is 0 Å². The van der Waals surface area contributed by atoms with Gasteiger partial charge in [-0.15, -0.1) is 0 Å². The summed E-state index contributed by atoms with van der Waals surface area (Å²) in [5.41, 5.74) is 1.43. The summed E-state index contributed by atoms with van der Waals surface area (Å²) in [7, 11) is 0. The molecular formula is C13H16O2. The lowest BCUT2D eigenvalue weighted by Gasteiger charge is -2.07. The Balaban J connectivity index is 2.45. The van der Waals surface area contributed by atoms with Gasteiger partial charge in [-0.05, 0) is 18.9 Å². The molecule has 1 atom stereocenters. The highest BCUT2D eigenvalue weighted by molar-refractivity contribution is 5.95. The number of aryl methyl sites for hydroxylation is 1. The molecule has 0 amide bonds. The minimum atomic E-state index is -0.742. The van der Waals surface area contributed by atoms with E-state index >= 15 is 0 Å². The van der Waals surface area contributed by atoms with E-state index in [1.165, 1.54) is 0 Å². The summed E-state index contributed by atoms with van der Waals surface area (Å²) in [5.74, 6) is -0.0612. The smallest absolute Gasteiger partial charge is 0.161 e. The van der Waals surface area contributed by atoms with Crippen molar-refractivity contribution in [3.63, 3.8) is 0 Å². The number of carbonyl (C=O) groups is 1. The van der Waals surface area contributed by atoms with E-state index in [2.05, 4.69) is 6.58 Å². The summed E-state index contributed by atoms with van der Waals surface area (Å²) in [6, 6.07) is 9.81. The molecule has 1 aromatic rings. The first-order valence-electron chi connectivity index (χ1n) is 5.05. The molecule has 0 saturated heterocycles. The monoisotopic (exact) mass is 204 g/mol. The summed E-state index contributed by atoms with van der Waals surface area (Å²) in [6.07, 6.45) is 0.368. The highest BCUT2D eigenvalue weighted by Gasteiger charge is 2.11. The molecule has 0 aliphatic heterocycles. The van der Waals surface area contributed by atoms with E-state index in [-0.39, 0.29) is 5.78 Å². The molecule has 0 aliphatic carbocycles. The van der Waals surface area contributed by atoms with Crippen LogP contribution in [-0.2, 0) is 11.2 Å². The first-order chi connectivity index (χ1) is 7.11. The van der Waals surface area contributed by atoms with E-state index in [0.29, 0.717) is 18.4 Å². The summed E-state index contributed by atoms with van der Waals surface area (Å²) in [5, 5.41) is 9.17. The van der Waals surface area contributed by atoms with Gasteiger partial charge in [0.25, 0.3) is 0 Å². The van der Waals surface area contributed by atoms with E-state index in [0.717, 1.165) is 5.56 Å². The molecule has 1 rings (SSSR count). The molecule has 0 radical (unpaired) electrons. The zero-order valence-corrected chi connectivity index (χ0v) is 8.94. The quantitative estimate of drug-likeness (QED) is 0.746. The highest BCUT2D eigenvalue weighted by atomic mass is 16.3. The molecule has 1 N–H and O–H groups in total. The van der Waals surface area contributed by atoms with Gasteiger partial charge in [0.05, 0.1) is 6.10 Å². The molecule has 0 unspecified atom stereocenters. The molecule has 15 heavy (non-hydrogen) atoms. The predicted molar refractivity (Wildman–Crippen MR) is 60.6 cm³/mol. The Labute approximate surface area is 90.3 Å². The second-order valence-corrected chi connectivity index (χ2v) is 3.61. The van der Waals surface area contributed by atoms with Gasteiger partial charge in [0.2, 0.25) is 0 Å². The maximum atomic E-state index is 11.5.